The minimum Gasteiger partial charge on any atom is -0.490 e. The Morgan fingerprint density at radius 1 is 0.976 bits per heavy atom. The van der Waals surface area contributed by atoms with Crippen LogP contribution in [-0.4, -0.2) is 29.7 Å². The van der Waals surface area contributed by atoms with E-state index in [1.165, 1.54) is 6.21 Å². The molecular weight excluding hydrogens is 618 g/mol. The molecule has 0 aliphatic carbocycles. The number of aromatic amines is 1. The Balaban J connectivity index is 1.39. The van der Waals surface area contributed by atoms with Gasteiger partial charge in [-0.1, -0.05) is 70.9 Å². The highest BCUT2D eigenvalue weighted by molar-refractivity contribution is 9.10. The topological polar surface area (TPSA) is 92.8 Å². The first-order valence-electron chi connectivity index (χ1n) is 13.4. The second-order valence-electron chi connectivity index (χ2n) is 9.28. The number of esters is 1. The van der Waals surface area contributed by atoms with Crippen LogP contribution in [0.1, 0.15) is 45.8 Å². The van der Waals surface area contributed by atoms with Crippen LogP contribution < -0.4 is 14.9 Å². The summed E-state index contributed by atoms with van der Waals surface area (Å²) < 4.78 is 12.2. The SMILES string of the molecule is CCOc1cc(C=NNC(=O)c2[nH]c3c(CC)cccc3c2-c2ccccc2Cl)ccc1OC(=O)c1ccc(Br)cc1. The molecule has 0 saturated heterocycles. The van der Waals surface area contributed by atoms with Crippen LogP contribution in [0.4, 0.5) is 0 Å². The third kappa shape index (κ3) is 6.25. The molecule has 0 atom stereocenters. The number of aryl methyl sites for hydroxylation is 1. The average molecular weight is 645 g/mol. The smallest absolute Gasteiger partial charge is 0.343 e. The maximum absolute atomic E-state index is 13.4. The van der Waals surface area contributed by atoms with E-state index in [1.807, 2.05) is 43.3 Å². The van der Waals surface area contributed by atoms with Crippen molar-refractivity contribution in [3.63, 3.8) is 0 Å². The van der Waals surface area contributed by atoms with E-state index in [4.69, 9.17) is 21.1 Å². The number of hydrogen-bond acceptors (Lipinski definition) is 5. The number of amides is 1. The normalized spacial score (nSPS) is 11.1. The minimum absolute atomic E-state index is 0.278. The summed E-state index contributed by atoms with van der Waals surface area (Å²) in [5.74, 6) is -0.261. The van der Waals surface area contributed by atoms with Gasteiger partial charge < -0.3 is 14.5 Å². The zero-order valence-electron chi connectivity index (χ0n) is 22.9. The lowest BCUT2D eigenvalue weighted by atomic mass is 9.99. The van der Waals surface area contributed by atoms with E-state index in [0.717, 1.165) is 32.9 Å². The van der Waals surface area contributed by atoms with Gasteiger partial charge in [0.15, 0.2) is 11.5 Å². The van der Waals surface area contributed by atoms with Gasteiger partial charge in [-0.25, -0.2) is 10.2 Å². The number of para-hydroxylation sites is 1. The summed E-state index contributed by atoms with van der Waals surface area (Å²) in [5.41, 5.74) is 7.48. The van der Waals surface area contributed by atoms with Crippen molar-refractivity contribution in [3.05, 3.63) is 117 Å². The molecule has 42 heavy (non-hydrogen) atoms. The quantitative estimate of drug-likeness (QED) is 0.0732. The van der Waals surface area contributed by atoms with E-state index in [-0.39, 0.29) is 5.75 Å². The number of H-pyrrole nitrogens is 1. The van der Waals surface area contributed by atoms with Gasteiger partial charge in [0.2, 0.25) is 0 Å². The predicted molar refractivity (Wildman–Crippen MR) is 170 cm³/mol. The molecule has 1 heterocycles. The molecule has 0 spiro atoms. The fourth-order valence-electron chi connectivity index (χ4n) is 4.61. The first-order valence-corrected chi connectivity index (χ1v) is 14.5. The molecule has 212 valence electrons. The summed E-state index contributed by atoms with van der Waals surface area (Å²) in [6, 6.07) is 25.3. The Bertz CT molecular complexity index is 1800. The average Bonchev–Trinajstić information content (AvgIpc) is 3.39. The molecule has 2 N–H and O–H groups in total. The van der Waals surface area contributed by atoms with Crippen molar-refractivity contribution in [3.8, 4) is 22.6 Å². The molecule has 4 aromatic carbocycles. The van der Waals surface area contributed by atoms with Crippen LogP contribution in [0, 0.1) is 0 Å². The summed E-state index contributed by atoms with van der Waals surface area (Å²) in [6.45, 7) is 4.27. The molecule has 5 rings (SSSR count). The number of nitrogens with zero attached hydrogens (tertiary/aromatic N) is 1. The van der Waals surface area contributed by atoms with Gasteiger partial charge in [0.1, 0.15) is 5.69 Å². The highest BCUT2D eigenvalue weighted by atomic mass is 79.9. The molecule has 0 bridgehead atoms. The first-order chi connectivity index (χ1) is 20.4. The van der Waals surface area contributed by atoms with E-state index in [0.29, 0.717) is 39.8 Å². The number of hydrazone groups is 1. The van der Waals surface area contributed by atoms with Crippen molar-refractivity contribution in [1.82, 2.24) is 10.4 Å². The Morgan fingerprint density at radius 3 is 2.50 bits per heavy atom. The molecule has 7 nitrogen and oxygen atoms in total. The zero-order chi connectivity index (χ0) is 29.6. The lowest BCUT2D eigenvalue weighted by Gasteiger charge is -2.11. The first kappa shape index (κ1) is 29.1. The van der Waals surface area contributed by atoms with E-state index < -0.39 is 11.9 Å². The molecule has 0 aliphatic heterocycles. The van der Waals surface area contributed by atoms with Gasteiger partial charge in [0.05, 0.1) is 18.4 Å². The van der Waals surface area contributed by atoms with Crippen LogP contribution in [0.15, 0.2) is 94.5 Å². The fraction of sp³-hybridized carbons (Fsp3) is 0.121. The number of halogens is 2. The summed E-state index contributed by atoms with van der Waals surface area (Å²) >= 11 is 9.91. The van der Waals surface area contributed by atoms with Crippen LogP contribution in [0.3, 0.4) is 0 Å². The summed E-state index contributed by atoms with van der Waals surface area (Å²) in [4.78, 5) is 29.4. The van der Waals surface area contributed by atoms with Crippen molar-refractivity contribution < 1.29 is 19.1 Å². The maximum Gasteiger partial charge on any atom is 0.343 e. The van der Waals surface area contributed by atoms with Crippen LogP contribution in [0.25, 0.3) is 22.0 Å². The molecule has 1 aromatic heterocycles. The lowest BCUT2D eigenvalue weighted by Crippen LogP contribution is -2.19. The van der Waals surface area contributed by atoms with Crippen molar-refractivity contribution in [2.45, 2.75) is 20.3 Å². The van der Waals surface area contributed by atoms with Gasteiger partial charge in [0.25, 0.3) is 5.91 Å². The van der Waals surface area contributed by atoms with Crippen molar-refractivity contribution in [2.75, 3.05) is 6.61 Å². The van der Waals surface area contributed by atoms with E-state index in [9.17, 15) is 9.59 Å². The van der Waals surface area contributed by atoms with Crippen molar-refractivity contribution in [2.24, 2.45) is 5.10 Å². The standard InChI is InChI=1S/C33H27BrClN3O4/c1-3-21-8-7-10-25-29(24-9-5-6-11-26(24)35)31(37-30(21)25)32(39)38-36-19-20-12-17-27(28(18-20)41-4-2)42-33(40)22-13-15-23(34)16-14-22/h5-19,37H,3-4H2,1-2H3,(H,38,39). The molecule has 0 saturated carbocycles. The lowest BCUT2D eigenvalue weighted by molar-refractivity contribution is 0.0728. The van der Waals surface area contributed by atoms with E-state index in [2.05, 4.69) is 38.4 Å². The Labute approximate surface area is 256 Å². The van der Waals surface area contributed by atoms with Gasteiger partial charge in [-0.15, -0.1) is 0 Å². The van der Waals surface area contributed by atoms with Crippen LogP contribution in [0.2, 0.25) is 5.02 Å². The second kappa shape index (κ2) is 13.1. The van der Waals surface area contributed by atoms with Crippen LogP contribution in [-0.2, 0) is 6.42 Å². The highest BCUT2D eigenvalue weighted by Crippen LogP contribution is 2.38. The minimum atomic E-state index is -0.504. The van der Waals surface area contributed by atoms with Gasteiger partial charge in [0, 0.05) is 31.5 Å². The zero-order valence-corrected chi connectivity index (χ0v) is 25.3. The van der Waals surface area contributed by atoms with E-state index in [1.54, 1.807) is 48.5 Å². The van der Waals surface area contributed by atoms with Gasteiger partial charge in [-0.05, 0) is 73.0 Å². The van der Waals surface area contributed by atoms with Gasteiger partial charge in [-0.3, -0.25) is 4.79 Å². The molecular formula is C33H27BrClN3O4. The predicted octanol–water partition coefficient (Wildman–Crippen LogP) is 8.20. The molecule has 1 amide bonds. The number of fused-ring (bicyclic) bond motifs is 1. The van der Waals surface area contributed by atoms with Crippen molar-refractivity contribution >= 4 is 56.5 Å². The van der Waals surface area contributed by atoms with Gasteiger partial charge >= 0.3 is 5.97 Å². The summed E-state index contributed by atoms with van der Waals surface area (Å²) in [6.07, 6.45) is 2.30. The third-order valence-corrected chi connectivity index (χ3v) is 7.46. The maximum atomic E-state index is 13.4. The van der Waals surface area contributed by atoms with Crippen molar-refractivity contribution in [1.29, 1.82) is 0 Å². The Morgan fingerprint density at radius 2 is 1.76 bits per heavy atom. The Hall–Kier alpha value is -4.40. The molecule has 0 fully saturated rings. The molecule has 0 radical (unpaired) electrons. The number of carbonyl (C=O) groups is 2. The number of benzene rings is 4. The van der Waals surface area contributed by atoms with Crippen LogP contribution in [0.5, 0.6) is 11.5 Å². The monoisotopic (exact) mass is 643 g/mol. The number of nitrogens with one attached hydrogen (secondary N) is 2. The largest absolute Gasteiger partial charge is 0.490 e. The number of carbonyl (C=O) groups excluding carboxylic acids is 2. The van der Waals surface area contributed by atoms with Gasteiger partial charge in [-0.2, -0.15) is 5.10 Å². The number of aromatic nitrogens is 1. The number of rotatable bonds is 9. The highest BCUT2D eigenvalue weighted by Gasteiger charge is 2.22. The summed E-state index contributed by atoms with van der Waals surface area (Å²) in [7, 11) is 0. The molecule has 9 heteroatoms. The Kier molecular flexibility index (Phi) is 9.05. The second-order valence-corrected chi connectivity index (χ2v) is 10.6. The van der Waals surface area contributed by atoms with Crippen LogP contribution >= 0.6 is 27.5 Å². The molecule has 5 aromatic rings. The molecule has 0 aliphatic rings. The molecule has 0 unspecified atom stereocenters. The number of ether oxygens (including phenoxy) is 2. The fourth-order valence-corrected chi connectivity index (χ4v) is 5.11. The number of hydrogen-bond donors (Lipinski definition) is 2. The third-order valence-electron chi connectivity index (χ3n) is 6.60. The van der Waals surface area contributed by atoms with E-state index >= 15 is 0 Å². The summed E-state index contributed by atoms with van der Waals surface area (Å²) in [5, 5.41) is 5.64.